The highest BCUT2D eigenvalue weighted by molar-refractivity contribution is 5.87. The van der Waals surface area contributed by atoms with E-state index in [1.807, 2.05) is 0 Å². The minimum absolute atomic E-state index is 1.13. The zero-order chi connectivity index (χ0) is 15.6. The SMILES string of the molecule is O=C(O)CN(CC(F)(F)F)C(=O)C(F)(F)C(F)(F)F. The number of aliphatic carboxylic acids is 1. The molecular formula is C7H5F8NO3. The predicted molar refractivity (Wildman–Crippen MR) is 41.3 cm³/mol. The molecule has 0 rings (SSSR count). The number of amides is 1. The van der Waals surface area contributed by atoms with Crippen LogP contribution in [0.4, 0.5) is 35.1 Å². The molecule has 0 saturated heterocycles. The van der Waals surface area contributed by atoms with Crippen LogP contribution >= 0.6 is 0 Å². The van der Waals surface area contributed by atoms with E-state index in [0.717, 1.165) is 0 Å². The average molecular weight is 303 g/mol. The topological polar surface area (TPSA) is 57.6 Å². The normalized spacial score (nSPS) is 13.3. The Morgan fingerprint density at radius 3 is 1.63 bits per heavy atom. The molecule has 0 saturated carbocycles. The maximum absolute atomic E-state index is 12.5. The van der Waals surface area contributed by atoms with Gasteiger partial charge in [-0.05, 0) is 0 Å². The summed E-state index contributed by atoms with van der Waals surface area (Å²) < 4.78 is 96.1. The molecule has 0 aliphatic heterocycles. The van der Waals surface area contributed by atoms with E-state index < -0.39 is 48.1 Å². The van der Waals surface area contributed by atoms with Crippen molar-refractivity contribution in [1.82, 2.24) is 4.90 Å². The molecule has 0 unspecified atom stereocenters. The van der Waals surface area contributed by atoms with Gasteiger partial charge in [-0.3, -0.25) is 9.59 Å². The maximum Gasteiger partial charge on any atom is 0.463 e. The third-order valence-corrected chi connectivity index (χ3v) is 1.61. The minimum Gasteiger partial charge on any atom is -0.480 e. The van der Waals surface area contributed by atoms with Crippen LogP contribution in [0.15, 0.2) is 0 Å². The zero-order valence-corrected chi connectivity index (χ0v) is 8.65. The summed E-state index contributed by atoms with van der Waals surface area (Å²) in [6, 6.07) is 0. The number of carboxylic acid groups (broad SMARTS) is 1. The van der Waals surface area contributed by atoms with Crippen molar-refractivity contribution < 1.29 is 49.8 Å². The first-order valence-electron chi connectivity index (χ1n) is 4.21. The molecule has 0 aromatic heterocycles. The monoisotopic (exact) mass is 303 g/mol. The van der Waals surface area contributed by atoms with E-state index in [9.17, 15) is 44.7 Å². The Balaban J connectivity index is 5.28. The van der Waals surface area contributed by atoms with Gasteiger partial charge >= 0.3 is 30.2 Å². The van der Waals surface area contributed by atoms with Crippen molar-refractivity contribution in [2.45, 2.75) is 18.3 Å². The van der Waals surface area contributed by atoms with Crippen molar-refractivity contribution in [1.29, 1.82) is 0 Å². The van der Waals surface area contributed by atoms with E-state index in [2.05, 4.69) is 0 Å². The lowest BCUT2D eigenvalue weighted by molar-refractivity contribution is -0.276. The first-order chi connectivity index (χ1) is 8.18. The van der Waals surface area contributed by atoms with Gasteiger partial charge in [0.15, 0.2) is 0 Å². The van der Waals surface area contributed by atoms with Gasteiger partial charge in [0.1, 0.15) is 13.1 Å². The minimum atomic E-state index is -6.42. The number of rotatable bonds is 4. The Morgan fingerprint density at radius 1 is 0.947 bits per heavy atom. The van der Waals surface area contributed by atoms with Crippen LogP contribution in [0.5, 0.6) is 0 Å². The molecule has 0 aliphatic rings. The van der Waals surface area contributed by atoms with Crippen molar-refractivity contribution in [3.63, 3.8) is 0 Å². The summed E-state index contributed by atoms with van der Waals surface area (Å²) in [6.07, 6.45) is -11.8. The molecular weight excluding hydrogens is 298 g/mol. The second-order valence-electron chi connectivity index (χ2n) is 3.24. The smallest absolute Gasteiger partial charge is 0.463 e. The van der Waals surface area contributed by atoms with E-state index in [0.29, 0.717) is 0 Å². The van der Waals surface area contributed by atoms with Gasteiger partial charge in [-0.2, -0.15) is 35.1 Å². The molecule has 0 aromatic carbocycles. The van der Waals surface area contributed by atoms with Crippen LogP contribution in [-0.2, 0) is 9.59 Å². The largest absolute Gasteiger partial charge is 0.480 e. The first kappa shape index (κ1) is 17.4. The molecule has 112 valence electrons. The highest BCUT2D eigenvalue weighted by Crippen LogP contribution is 2.37. The van der Waals surface area contributed by atoms with Crippen molar-refractivity contribution in [3.05, 3.63) is 0 Å². The lowest BCUT2D eigenvalue weighted by Crippen LogP contribution is -2.55. The number of hydrogen-bond donors (Lipinski definition) is 1. The predicted octanol–water partition coefficient (Wildman–Crippen LogP) is 1.66. The second kappa shape index (κ2) is 5.17. The standard InChI is InChI=1S/C7H5F8NO3/c8-5(9,10)2-16(1-3(17)18)4(19)6(11,12)7(13,14)15/h1-2H2,(H,17,18). The van der Waals surface area contributed by atoms with Gasteiger partial charge in [0.05, 0.1) is 0 Å². The Bertz CT molecular complexity index is 360. The number of nitrogens with zero attached hydrogens (tertiary/aromatic N) is 1. The fourth-order valence-electron chi connectivity index (χ4n) is 0.899. The number of hydrogen-bond acceptors (Lipinski definition) is 2. The van der Waals surface area contributed by atoms with E-state index in [1.54, 1.807) is 0 Å². The Morgan fingerprint density at radius 2 is 1.37 bits per heavy atom. The molecule has 0 radical (unpaired) electrons. The fraction of sp³-hybridized carbons (Fsp3) is 0.714. The summed E-state index contributed by atoms with van der Waals surface area (Å²) in [5, 5.41) is 8.11. The van der Waals surface area contributed by atoms with Crippen molar-refractivity contribution >= 4 is 11.9 Å². The van der Waals surface area contributed by atoms with E-state index >= 15 is 0 Å². The molecule has 19 heavy (non-hydrogen) atoms. The number of carbonyl (C=O) groups excluding carboxylic acids is 1. The zero-order valence-electron chi connectivity index (χ0n) is 8.65. The molecule has 0 spiro atoms. The van der Waals surface area contributed by atoms with Crippen LogP contribution in [0, 0.1) is 0 Å². The molecule has 0 fully saturated rings. The number of halogens is 8. The van der Waals surface area contributed by atoms with Crippen LogP contribution in [0.1, 0.15) is 0 Å². The van der Waals surface area contributed by atoms with Crippen LogP contribution in [0.25, 0.3) is 0 Å². The Kier molecular flexibility index (Phi) is 4.73. The second-order valence-corrected chi connectivity index (χ2v) is 3.24. The molecule has 0 bridgehead atoms. The summed E-state index contributed by atoms with van der Waals surface area (Å²) in [5.74, 6) is -11.6. The third kappa shape index (κ3) is 4.87. The molecule has 0 aromatic rings. The molecule has 0 heterocycles. The average Bonchev–Trinajstić information content (AvgIpc) is 2.10. The van der Waals surface area contributed by atoms with E-state index in [1.165, 1.54) is 0 Å². The fourth-order valence-corrected chi connectivity index (χ4v) is 0.899. The number of carboxylic acids is 1. The van der Waals surface area contributed by atoms with Crippen molar-refractivity contribution in [2.75, 3.05) is 13.1 Å². The van der Waals surface area contributed by atoms with Gasteiger partial charge in [-0.1, -0.05) is 0 Å². The summed E-state index contributed by atoms with van der Waals surface area (Å²) in [4.78, 5) is 19.7. The Labute approximate surface area is 99.1 Å². The van der Waals surface area contributed by atoms with Crippen molar-refractivity contribution in [3.8, 4) is 0 Å². The van der Waals surface area contributed by atoms with Gasteiger partial charge in [0.25, 0.3) is 0 Å². The van der Waals surface area contributed by atoms with Crippen LogP contribution < -0.4 is 0 Å². The maximum atomic E-state index is 12.5. The van der Waals surface area contributed by atoms with Crippen LogP contribution in [0.2, 0.25) is 0 Å². The van der Waals surface area contributed by atoms with Gasteiger partial charge in [-0.15, -0.1) is 0 Å². The van der Waals surface area contributed by atoms with Gasteiger partial charge in [0.2, 0.25) is 0 Å². The van der Waals surface area contributed by atoms with Gasteiger partial charge < -0.3 is 10.0 Å². The third-order valence-electron chi connectivity index (χ3n) is 1.61. The van der Waals surface area contributed by atoms with E-state index in [4.69, 9.17) is 5.11 Å². The van der Waals surface area contributed by atoms with Crippen LogP contribution in [0.3, 0.4) is 0 Å². The van der Waals surface area contributed by atoms with Crippen LogP contribution in [-0.4, -0.2) is 53.2 Å². The number of alkyl halides is 8. The Hall–Kier alpha value is -1.62. The summed E-state index contributed by atoms with van der Waals surface area (Å²) in [5.41, 5.74) is 0. The highest BCUT2D eigenvalue weighted by atomic mass is 19.4. The lowest BCUT2D eigenvalue weighted by atomic mass is 10.2. The molecule has 0 atom stereocenters. The van der Waals surface area contributed by atoms with Gasteiger partial charge in [0, 0.05) is 0 Å². The van der Waals surface area contributed by atoms with Gasteiger partial charge in [-0.25, -0.2) is 0 Å². The van der Waals surface area contributed by atoms with Crippen molar-refractivity contribution in [2.24, 2.45) is 0 Å². The molecule has 1 amide bonds. The number of carbonyl (C=O) groups is 2. The molecule has 0 aliphatic carbocycles. The first-order valence-corrected chi connectivity index (χ1v) is 4.21. The lowest BCUT2D eigenvalue weighted by Gasteiger charge is -2.27. The van der Waals surface area contributed by atoms with E-state index in [-0.39, 0.29) is 0 Å². The molecule has 4 nitrogen and oxygen atoms in total. The highest BCUT2D eigenvalue weighted by Gasteiger charge is 2.65. The summed E-state index contributed by atoms with van der Waals surface area (Å²) in [7, 11) is 0. The molecule has 1 N–H and O–H groups in total. The molecule has 12 heteroatoms. The summed E-state index contributed by atoms with van der Waals surface area (Å²) >= 11 is 0. The quantitative estimate of drug-likeness (QED) is 0.804. The summed E-state index contributed by atoms with van der Waals surface area (Å²) in [6.45, 7) is -4.48.